The number of anilines is 1. The van der Waals surface area contributed by atoms with Crippen LogP contribution >= 0.6 is 22.9 Å². The van der Waals surface area contributed by atoms with Gasteiger partial charge in [0.05, 0.1) is 17.5 Å². The molecule has 0 bridgehead atoms. The predicted octanol–water partition coefficient (Wildman–Crippen LogP) is 0.0699. The van der Waals surface area contributed by atoms with E-state index in [0.29, 0.717) is 0 Å². The van der Waals surface area contributed by atoms with Crippen molar-refractivity contribution in [3.05, 3.63) is 17.0 Å². The topological polar surface area (TPSA) is 143 Å². The third kappa shape index (κ3) is 5.62. The van der Waals surface area contributed by atoms with E-state index in [9.17, 15) is 22.8 Å². The highest BCUT2D eigenvalue weighted by Crippen LogP contribution is 2.24. The lowest BCUT2D eigenvalue weighted by Gasteiger charge is -2.33. The molecule has 27 heavy (non-hydrogen) atoms. The van der Waals surface area contributed by atoms with Gasteiger partial charge in [0.2, 0.25) is 5.91 Å². The van der Waals surface area contributed by atoms with Gasteiger partial charge in [0.15, 0.2) is 15.3 Å². The number of halogens is 1. The molecule has 3 atom stereocenters. The Balaban J connectivity index is 2.09. The minimum atomic E-state index is -3.49. The maximum Gasteiger partial charge on any atom is 0.414 e. The highest BCUT2D eigenvalue weighted by atomic mass is 35.5. The fraction of sp³-hybridized carbons (Fsp3) is 0.500. The van der Waals surface area contributed by atoms with Crippen molar-refractivity contribution >= 4 is 55.7 Å². The van der Waals surface area contributed by atoms with E-state index in [1.165, 1.54) is 6.07 Å². The van der Waals surface area contributed by atoms with Crippen molar-refractivity contribution in [3.8, 4) is 0 Å². The fourth-order valence-electron chi connectivity index (χ4n) is 2.28. The predicted molar refractivity (Wildman–Crippen MR) is 101 cm³/mol. The Morgan fingerprint density at radius 3 is 2.74 bits per heavy atom. The molecule has 0 aromatic carbocycles. The second kappa shape index (κ2) is 8.97. The first-order valence-electron chi connectivity index (χ1n) is 7.82. The Morgan fingerprint density at radius 2 is 2.11 bits per heavy atom. The number of amides is 3. The fourth-order valence-corrected chi connectivity index (χ4v) is 4.14. The average Bonchev–Trinajstić information content (AvgIpc) is 3.02. The number of alkyl carbamates (subject to hydrolysis) is 1. The minimum absolute atomic E-state index is 0.0705. The van der Waals surface area contributed by atoms with Crippen LogP contribution in [0.5, 0.6) is 0 Å². The summed E-state index contributed by atoms with van der Waals surface area (Å²) in [5.74, 6) is -1.34. The van der Waals surface area contributed by atoms with Crippen LogP contribution in [0, 0.1) is 0 Å². The van der Waals surface area contributed by atoms with Gasteiger partial charge in [0, 0.05) is 12.8 Å². The molecular weight excluding hydrogens is 420 g/mol. The second-order valence-electron chi connectivity index (χ2n) is 5.61. The highest BCUT2D eigenvalue weighted by Gasteiger charge is 2.37. The molecule has 1 fully saturated rings. The van der Waals surface area contributed by atoms with Crippen molar-refractivity contribution in [3.63, 3.8) is 0 Å². The van der Waals surface area contributed by atoms with Gasteiger partial charge >= 0.3 is 6.09 Å². The molecule has 2 heterocycles. The summed E-state index contributed by atoms with van der Waals surface area (Å²) in [6.07, 6.45) is 0.126. The molecule has 150 valence electrons. The first-order chi connectivity index (χ1) is 12.6. The lowest BCUT2D eigenvalue weighted by molar-refractivity contribution is -0.118. The van der Waals surface area contributed by atoms with Crippen LogP contribution in [0.1, 0.15) is 17.3 Å². The molecule has 13 heteroatoms. The summed E-state index contributed by atoms with van der Waals surface area (Å²) >= 11 is 7.19. The summed E-state index contributed by atoms with van der Waals surface area (Å²) in [5, 5.41) is 11.0. The van der Waals surface area contributed by atoms with E-state index in [1.54, 1.807) is 12.3 Å². The molecule has 1 saturated heterocycles. The molecule has 10 nitrogen and oxygen atoms in total. The van der Waals surface area contributed by atoms with Gasteiger partial charge in [-0.15, -0.1) is 22.9 Å². The standard InChI is InChI=1S/C14H19ClN4O6S2/c1-3-25-14(22)19-10(20)7-4-5-26-12(7)18-11(21)9-8(15)6-16-13(17-9)27(2,23)24/h4-5,8-9,13,16-17H,3,6H2,1-2H3,(H,18,21)(H,19,20,22). The van der Waals surface area contributed by atoms with Crippen LogP contribution in [0.25, 0.3) is 0 Å². The monoisotopic (exact) mass is 438 g/mol. The summed E-state index contributed by atoms with van der Waals surface area (Å²) in [4.78, 5) is 36.1. The van der Waals surface area contributed by atoms with Gasteiger partial charge < -0.3 is 10.1 Å². The van der Waals surface area contributed by atoms with Crippen molar-refractivity contribution in [2.75, 3.05) is 24.7 Å². The average molecular weight is 439 g/mol. The molecule has 1 aromatic rings. The molecule has 4 N–H and O–H groups in total. The first kappa shape index (κ1) is 21.6. The van der Waals surface area contributed by atoms with Crippen LogP contribution in [0.3, 0.4) is 0 Å². The molecule has 0 spiro atoms. The van der Waals surface area contributed by atoms with Gasteiger partial charge in [-0.1, -0.05) is 0 Å². The van der Waals surface area contributed by atoms with E-state index in [-0.39, 0.29) is 23.7 Å². The van der Waals surface area contributed by atoms with Crippen LogP contribution in [0.2, 0.25) is 0 Å². The van der Waals surface area contributed by atoms with Crippen LogP contribution in [-0.4, -0.2) is 62.6 Å². The van der Waals surface area contributed by atoms with Crippen LogP contribution < -0.4 is 21.3 Å². The number of ether oxygens (including phenoxy) is 1. The number of rotatable bonds is 5. The molecule has 0 saturated carbocycles. The Labute approximate surface area is 164 Å². The highest BCUT2D eigenvalue weighted by molar-refractivity contribution is 7.91. The van der Waals surface area contributed by atoms with E-state index >= 15 is 0 Å². The Hall–Kier alpha value is -1.73. The molecule has 0 radical (unpaired) electrons. The normalized spacial score (nSPS) is 22.7. The van der Waals surface area contributed by atoms with Gasteiger partial charge in [-0.25, -0.2) is 13.2 Å². The smallest absolute Gasteiger partial charge is 0.414 e. The first-order valence-corrected chi connectivity index (χ1v) is 11.1. The number of imide groups is 1. The molecule has 3 amide bonds. The van der Waals surface area contributed by atoms with E-state index in [0.717, 1.165) is 17.6 Å². The van der Waals surface area contributed by atoms with E-state index in [2.05, 4.69) is 20.7 Å². The van der Waals surface area contributed by atoms with Crippen molar-refractivity contribution in [1.82, 2.24) is 16.0 Å². The molecule has 1 aliphatic heterocycles. The van der Waals surface area contributed by atoms with Crippen molar-refractivity contribution in [1.29, 1.82) is 0 Å². The summed E-state index contributed by atoms with van der Waals surface area (Å²) in [6, 6.07) is 0.429. The second-order valence-corrected chi connectivity index (χ2v) is 9.21. The quantitative estimate of drug-likeness (QED) is 0.473. The summed E-state index contributed by atoms with van der Waals surface area (Å²) < 4.78 is 28.0. The van der Waals surface area contributed by atoms with Crippen molar-refractivity contribution < 1.29 is 27.5 Å². The SMILES string of the molecule is CCOC(=O)NC(=O)c1ccsc1NC(=O)C1NC(S(C)(=O)=O)NCC1Cl. The molecule has 1 aliphatic rings. The number of thiophene rings is 1. The number of hydrogen-bond acceptors (Lipinski definition) is 9. The van der Waals surface area contributed by atoms with Crippen LogP contribution in [0.15, 0.2) is 11.4 Å². The number of carbonyl (C=O) groups excluding carboxylic acids is 3. The van der Waals surface area contributed by atoms with E-state index in [4.69, 9.17) is 11.6 Å². The summed E-state index contributed by atoms with van der Waals surface area (Å²) in [6.45, 7) is 1.80. The zero-order chi connectivity index (χ0) is 20.2. The number of sulfone groups is 1. The molecule has 0 aliphatic carbocycles. The zero-order valence-corrected chi connectivity index (χ0v) is 16.8. The largest absolute Gasteiger partial charge is 0.450 e. The number of alkyl halides is 1. The van der Waals surface area contributed by atoms with E-state index in [1.807, 2.05) is 5.32 Å². The minimum Gasteiger partial charge on any atom is -0.450 e. The number of carbonyl (C=O) groups is 3. The summed E-state index contributed by atoms with van der Waals surface area (Å²) in [7, 11) is -3.49. The van der Waals surface area contributed by atoms with Gasteiger partial charge in [-0.05, 0) is 18.4 Å². The maximum atomic E-state index is 12.6. The lowest BCUT2D eigenvalue weighted by atomic mass is 10.1. The number of nitrogens with one attached hydrogen (secondary N) is 4. The van der Waals surface area contributed by atoms with Crippen molar-refractivity contribution in [2.24, 2.45) is 0 Å². The van der Waals surface area contributed by atoms with Gasteiger partial charge in [0.1, 0.15) is 11.0 Å². The van der Waals surface area contributed by atoms with Gasteiger partial charge in [0.25, 0.3) is 5.91 Å². The Kier molecular flexibility index (Phi) is 7.17. The Morgan fingerprint density at radius 1 is 1.41 bits per heavy atom. The molecule has 3 unspecified atom stereocenters. The van der Waals surface area contributed by atoms with Crippen LogP contribution in [0.4, 0.5) is 9.80 Å². The third-order valence-corrected chi connectivity index (χ3v) is 5.93. The summed E-state index contributed by atoms with van der Waals surface area (Å²) in [5.41, 5.74) is -1.04. The Bertz CT molecular complexity index is 827. The van der Waals surface area contributed by atoms with E-state index < -0.39 is 44.7 Å². The lowest BCUT2D eigenvalue weighted by Crippen LogP contribution is -2.65. The zero-order valence-electron chi connectivity index (χ0n) is 14.4. The van der Waals surface area contributed by atoms with Gasteiger partial charge in [-0.3, -0.25) is 25.5 Å². The van der Waals surface area contributed by atoms with Crippen LogP contribution in [-0.2, 0) is 19.4 Å². The van der Waals surface area contributed by atoms with Crippen molar-refractivity contribution in [2.45, 2.75) is 23.8 Å². The number of hydrogen-bond donors (Lipinski definition) is 4. The van der Waals surface area contributed by atoms with Gasteiger partial charge in [-0.2, -0.15) is 0 Å². The molecular formula is C14H19ClN4O6S2. The molecule has 1 aromatic heterocycles. The maximum absolute atomic E-state index is 12.6. The molecule has 2 rings (SSSR count). The third-order valence-electron chi connectivity index (χ3n) is 3.54.